The fraction of sp³-hybridized carbons (Fsp3) is 0.115. The molecule has 0 aliphatic heterocycles. The van der Waals surface area contributed by atoms with E-state index >= 15 is 0 Å². The third-order valence-electron chi connectivity index (χ3n) is 4.86. The van der Waals surface area contributed by atoms with Crippen LogP contribution in [-0.4, -0.2) is 0 Å². The summed E-state index contributed by atoms with van der Waals surface area (Å²) in [6.45, 7) is 3.26. The molecule has 28 heavy (non-hydrogen) atoms. The van der Waals surface area contributed by atoms with Gasteiger partial charge in [0.25, 0.3) is 0 Å². The smallest absolute Gasteiger partial charge is 0.169 e. The van der Waals surface area contributed by atoms with Gasteiger partial charge in [-0.05, 0) is 47.5 Å². The Hall–Kier alpha value is -3.39. The molecule has 4 aromatic rings. The molecule has 0 aliphatic rings. The predicted molar refractivity (Wildman–Crippen MR) is 117 cm³/mol. The number of hydrogen-bond donors (Lipinski definition) is 0. The topological polar surface area (TPSA) is 7.12 Å². The summed E-state index contributed by atoms with van der Waals surface area (Å²) >= 11 is 0. The Bertz CT molecular complexity index is 952. The molecule has 0 radical (unpaired) electrons. The fourth-order valence-corrected chi connectivity index (χ4v) is 3.46. The van der Waals surface area contributed by atoms with E-state index in [9.17, 15) is 0 Å². The number of aryl methyl sites for hydroxylation is 1. The van der Waals surface area contributed by atoms with E-state index in [0.29, 0.717) is 0 Å². The summed E-state index contributed by atoms with van der Waals surface area (Å²) in [4.78, 5) is 2.28. The lowest BCUT2D eigenvalue weighted by molar-refractivity contribution is -0.696. The Labute approximate surface area is 167 Å². The van der Waals surface area contributed by atoms with Crippen molar-refractivity contribution in [3.05, 3.63) is 109 Å². The molecule has 1 aromatic heterocycles. The second-order valence-corrected chi connectivity index (χ2v) is 6.88. The van der Waals surface area contributed by atoms with Crippen molar-refractivity contribution >= 4 is 17.1 Å². The number of aromatic nitrogens is 1. The lowest BCUT2D eigenvalue weighted by Crippen LogP contribution is -2.31. The Morgan fingerprint density at radius 1 is 0.571 bits per heavy atom. The van der Waals surface area contributed by atoms with Gasteiger partial charge in [-0.1, -0.05) is 55.5 Å². The van der Waals surface area contributed by atoms with Crippen molar-refractivity contribution in [2.24, 2.45) is 0 Å². The minimum atomic E-state index is 1.06. The van der Waals surface area contributed by atoms with E-state index in [0.717, 1.165) is 30.0 Å². The summed E-state index contributed by atoms with van der Waals surface area (Å²) in [5.74, 6) is 0. The van der Waals surface area contributed by atoms with Crippen molar-refractivity contribution in [3.8, 4) is 11.1 Å². The zero-order chi connectivity index (χ0) is 19.2. The first-order valence-electron chi connectivity index (χ1n) is 9.85. The highest BCUT2D eigenvalue weighted by Gasteiger charge is 2.12. The number of pyridine rings is 1. The van der Waals surface area contributed by atoms with Crippen LogP contribution in [0, 0.1) is 0 Å². The van der Waals surface area contributed by atoms with E-state index in [-0.39, 0.29) is 0 Å². The summed E-state index contributed by atoms with van der Waals surface area (Å²) in [6, 6.07) is 34.2. The molecule has 138 valence electrons. The van der Waals surface area contributed by atoms with Crippen LogP contribution in [0.5, 0.6) is 0 Å². The average Bonchev–Trinajstić information content (AvgIpc) is 2.77. The van der Waals surface area contributed by atoms with Crippen molar-refractivity contribution in [2.45, 2.75) is 19.9 Å². The van der Waals surface area contributed by atoms with Gasteiger partial charge in [0.1, 0.15) is 6.54 Å². The third kappa shape index (κ3) is 3.96. The molecule has 3 aromatic carbocycles. The van der Waals surface area contributed by atoms with Gasteiger partial charge >= 0.3 is 0 Å². The molecule has 0 amide bonds. The van der Waals surface area contributed by atoms with Crippen LogP contribution in [0.4, 0.5) is 17.1 Å². The molecule has 0 atom stereocenters. The number of para-hydroxylation sites is 2. The summed E-state index contributed by atoms with van der Waals surface area (Å²) in [7, 11) is 0. The molecular formula is C26H25N2+. The molecular weight excluding hydrogens is 340 g/mol. The molecule has 0 fully saturated rings. The Kier molecular flexibility index (Phi) is 5.48. The first kappa shape index (κ1) is 18.0. The fourth-order valence-electron chi connectivity index (χ4n) is 3.46. The summed E-state index contributed by atoms with van der Waals surface area (Å²) in [6.07, 6.45) is 5.47. The van der Waals surface area contributed by atoms with E-state index in [1.54, 1.807) is 0 Å². The maximum Gasteiger partial charge on any atom is 0.169 e. The van der Waals surface area contributed by atoms with E-state index in [1.165, 1.54) is 11.1 Å². The number of nitrogens with zero attached hydrogens (tertiary/aromatic N) is 2. The zero-order valence-corrected chi connectivity index (χ0v) is 16.2. The van der Waals surface area contributed by atoms with Crippen molar-refractivity contribution in [2.75, 3.05) is 4.90 Å². The van der Waals surface area contributed by atoms with E-state index in [2.05, 4.69) is 126 Å². The minimum absolute atomic E-state index is 1.06. The first-order valence-corrected chi connectivity index (χ1v) is 9.85. The third-order valence-corrected chi connectivity index (χ3v) is 4.86. The molecule has 0 bridgehead atoms. The van der Waals surface area contributed by atoms with Gasteiger partial charge in [-0.25, -0.2) is 4.57 Å². The van der Waals surface area contributed by atoms with Crippen LogP contribution in [0.25, 0.3) is 11.1 Å². The van der Waals surface area contributed by atoms with Crippen LogP contribution in [-0.2, 0) is 6.54 Å². The lowest BCUT2D eigenvalue weighted by atomic mass is 10.1. The largest absolute Gasteiger partial charge is 0.311 e. The number of rotatable bonds is 6. The van der Waals surface area contributed by atoms with E-state index < -0.39 is 0 Å². The van der Waals surface area contributed by atoms with Gasteiger partial charge in [-0.15, -0.1) is 0 Å². The summed E-state index contributed by atoms with van der Waals surface area (Å²) < 4.78 is 2.23. The lowest BCUT2D eigenvalue weighted by Gasteiger charge is -2.25. The highest BCUT2D eigenvalue weighted by Crippen LogP contribution is 2.35. The molecule has 0 N–H and O–H groups in total. The minimum Gasteiger partial charge on any atom is -0.311 e. The number of hydrogen-bond acceptors (Lipinski definition) is 1. The average molecular weight is 366 g/mol. The van der Waals surface area contributed by atoms with E-state index in [4.69, 9.17) is 0 Å². The Balaban J connectivity index is 1.67. The standard InChI is InChI=1S/C26H25N2/c1-2-19-27-20-17-23(18-21-27)22-13-15-26(16-14-22)28(24-9-5-3-6-10-24)25-11-7-4-8-12-25/h3-18,20-21H,2,19H2,1H3/q+1. The first-order chi connectivity index (χ1) is 13.8. The van der Waals surface area contributed by atoms with Crippen LogP contribution in [0.3, 0.4) is 0 Å². The van der Waals surface area contributed by atoms with Gasteiger partial charge < -0.3 is 4.90 Å². The van der Waals surface area contributed by atoms with Crippen molar-refractivity contribution in [3.63, 3.8) is 0 Å². The van der Waals surface area contributed by atoms with Crippen molar-refractivity contribution in [1.29, 1.82) is 0 Å². The maximum absolute atomic E-state index is 2.28. The maximum atomic E-state index is 2.28. The van der Waals surface area contributed by atoms with Gasteiger partial charge in [0.2, 0.25) is 0 Å². The van der Waals surface area contributed by atoms with Gasteiger partial charge in [0, 0.05) is 35.6 Å². The molecule has 0 aliphatic carbocycles. The monoisotopic (exact) mass is 365 g/mol. The van der Waals surface area contributed by atoms with Crippen LogP contribution >= 0.6 is 0 Å². The molecule has 2 heteroatoms. The van der Waals surface area contributed by atoms with Crippen molar-refractivity contribution in [1.82, 2.24) is 0 Å². The number of anilines is 3. The van der Waals surface area contributed by atoms with Gasteiger partial charge in [0.05, 0.1) is 0 Å². The van der Waals surface area contributed by atoms with Crippen LogP contribution < -0.4 is 9.47 Å². The van der Waals surface area contributed by atoms with Crippen LogP contribution in [0.1, 0.15) is 13.3 Å². The van der Waals surface area contributed by atoms with E-state index in [1.807, 2.05) is 0 Å². The second-order valence-electron chi connectivity index (χ2n) is 6.88. The van der Waals surface area contributed by atoms with Gasteiger partial charge in [-0.2, -0.15) is 0 Å². The summed E-state index contributed by atoms with van der Waals surface area (Å²) in [5, 5.41) is 0. The van der Waals surface area contributed by atoms with Gasteiger partial charge in [-0.3, -0.25) is 0 Å². The SMILES string of the molecule is CCC[n+]1ccc(-c2ccc(N(c3ccccc3)c3ccccc3)cc2)cc1. The molecule has 2 nitrogen and oxygen atoms in total. The molecule has 0 saturated carbocycles. The highest BCUT2D eigenvalue weighted by atomic mass is 15.1. The Morgan fingerprint density at radius 3 is 1.54 bits per heavy atom. The second kappa shape index (κ2) is 8.53. The molecule has 4 rings (SSSR count). The normalized spacial score (nSPS) is 10.6. The van der Waals surface area contributed by atoms with Crippen LogP contribution in [0.2, 0.25) is 0 Å². The highest BCUT2D eigenvalue weighted by molar-refractivity contribution is 5.78. The molecule has 0 saturated heterocycles. The number of benzene rings is 3. The molecule has 0 spiro atoms. The Morgan fingerprint density at radius 2 is 1.04 bits per heavy atom. The van der Waals surface area contributed by atoms with Crippen molar-refractivity contribution < 1.29 is 4.57 Å². The molecule has 0 unspecified atom stereocenters. The predicted octanol–water partition coefficient (Wildman–Crippen LogP) is 6.52. The zero-order valence-electron chi connectivity index (χ0n) is 16.2. The van der Waals surface area contributed by atoms with Gasteiger partial charge in [0.15, 0.2) is 12.4 Å². The quantitative estimate of drug-likeness (QED) is 0.353. The molecule has 1 heterocycles. The van der Waals surface area contributed by atoms with Crippen LogP contribution in [0.15, 0.2) is 109 Å². The summed E-state index contributed by atoms with van der Waals surface area (Å²) in [5.41, 5.74) is 5.93.